The Labute approximate surface area is 135 Å². The van der Waals surface area contributed by atoms with Crippen LogP contribution in [-0.4, -0.2) is 50.3 Å². The lowest BCUT2D eigenvalue weighted by Crippen LogP contribution is -2.39. The summed E-state index contributed by atoms with van der Waals surface area (Å²) in [5, 5.41) is 0. The Morgan fingerprint density at radius 3 is 3.00 bits per heavy atom. The van der Waals surface area contributed by atoms with Crippen LogP contribution in [0, 0.1) is 0 Å². The summed E-state index contributed by atoms with van der Waals surface area (Å²) in [6.07, 6.45) is 1.24. The number of halogens is 1. The smallest absolute Gasteiger partial charge is 0.254 e. The number of fused-ring (bicyclic) bond motifs is 1. The molecule has 1 aromatic carbocycles. The number of nitrogens with two attached hydrogens (primary N) is 1. The number of amides is 1. The largest absolute Gasteiger partial charge is 0.489 e. The van der Waals surface area contributed by atoms with E-state index in [1.807, 2.05) is 13.0 Å². The lowest BCUT2D eigenvalue weighted by atomic mass is 9.98. The maximum atomic E-state index is 12.5. The highest BCUT2D eigenvalue weighted by atomic mass is 19.1. The van der Waals surface area contributed by atoms with Gasteiger partial charge in [-0.15, -0.1) is 0 Å². The van der Waals surface area contributed by atoms with Crippen molar-refractivity contribution >= 4 is 5.91 Å². The summed E-state index contributed by atoms with van der Waals surface area (Å²) >= 11 is 0. The predicted octanol–water partition coefficient (Wildman–Crippen LogP) is 1.91. The zero-order valence-electron chi connectivity index (χ0n) is 13.4. The second-order valence-corrected chi connectivity index (χ2v) is 5.32. The van der Waals surface area contributed by atoms with Crippen molar-refractivity contribution in [3.05, 3.63) is 41.2 Å². The number of rotatable bonds is 8. The molecule has 0 atom stereocenters. The van der Waals surface area contributed by atoms with Crippen molar-refractivity contribution in [1.29, 1.82) is 0 Å². The number of carbonyl (C=O) groups is 1. The van der Waals surface area contributed by atoms with Gasteiger partial charge in [-0.05, 0) is 37.1 Å². The molecule has 1 aliphatic rings. The van der Waals surface area contributed by atoms with Crippen molar-refractivity contribution in [2.24, 2.45) is 5.73 Å². The minimum Gasteiger partial charge on any atom is -0.489 e. The lowest BCUT2D eigenvalue weighted by Gasteiger charge is -2.28. The Hall–Kier alpha value is -1.92. The van der Waals surface area contributed by atoms with Crippen LogP contribution in [0.2, 0.25) is 0 Å². The van der Waals surface area contributed by atoms with E-state index in [4.69, 9.17) is 15.2 Å². The van der Waals surface area contributed by atoms with Gasteiger partial charge in [-0.3, -0.25) is 4.79 Å². The van der Waals surface area contributed by atoms with Crippen molar-refractivity contribution in [2.75, 3.05) is 39.5 Å². The van der Waals surface area contributed by atoms with Gasteiger partial charge in [-0.2, -0.15) is 0 Å². The fraction of sp³-hybridized carbons (Fsp3) is 0.471. The summed E-state index contributed by atoms with van der Waals surface area (Å²) in [6, 6.07) is 5.34. The van der Waals surface area contributed by atoms with Gasteiger partial charge in [-0.1, -0.05) is 0 Å². The van der Waals surface area contributed by atoms with E-state index in [0.717, 1.165) is 12.0 Å². The van der Waals surface area contributed by atoms with Gasteiger partial charge in [0.25, 0.3) is 5.91 Å². The van der Waals surface area contributed by atoms with Crippen LogP contribution in [0.4, 0.5) is 4.39 Å². The molecule has 0 spiro atoms. The Morgan fingerprint density at radius 1 is 1.48 bits per heavy atom. The van der Waals surface area contributed by atoms with Gasteiger partial charge < -0.3 is 20.1 Å². The van der Waals surface area contributed by atoms with Crippen molar-refractivity contribution in [2.45, 2.75) is 13.3 Å². The molecule has 1 heterocycles. The molecule has 2 N–H and O–H groups in total. The van der Waals surface area contributed by atoms with Crippen molar-refractivity contribution < 1.29 is 18.7 Å². The summed E-state index contributed by atoms with van der Waals surface area (Å²) in [4.78, 5) is 14.2. The SMILES string of the molecule is CCOCCN1CCc2cc(OC/C(=C/F)CN)ccc2C1=O. The summed E-state index contributed by atoms with van der Waals surface area (Å²) < 4.78 is 23.3. The van der Waals surface area contributed by atoms with Gasteiger partial charge in [0.1, 0.15) is 12.4 Å². The van der Waals surface area contributed by atoms with E-state index in [1.54, 1.807) is 17.0 Å². The Bertz CT molecular complexity index is 575. The van der Waals surface area contributed by atoms with Crippen LogP contribution in [0.5, 0.6) is 5.75 Å². The summed E-state index contributed by atoms with van der Waals surface area (Å²) in [5.41, 5.74) is 7.43. The number of hydrogen-bond acceptors (Lipinski definition) is 4. The second kappa shape index (κ2) is 8.64. The average Bonchev–Trinajstić information content (AvgIpc) is 2.58. The molecule has 0 radical (unpaired) electrons. The van der Waals surface area contributed by atoms with E-state index in [-0.39, 0.29) is 19.1 Å². The van der Waals surface area contributed by atoms with Crippen LogP contribution in [-0.2, 0) is 11.2 Å². The zero-order chi connectivity index (χ0) is 16.7. The van der Waals surface area contributed by atoms with E-state index < -0.39 is 0 Å². The van der Waals surface area contributed by atoms with Gasteiger partial charge in [-0.25, -0.2) is 4.39 Å². The zero-order valence-corrected chi connectivity index (χ0v) is 13.4. The molecule has 1 aromatic rings. The van der Waals surface area contributed by atoms with Crippen LogP contribution in [0.1, 0.15) is 22.8 Å². The molecule has 1 amide bonds. The quantitative estimate of drug-likeness (QED) is 0.743. The van der Waals surface area contributed by atoms with Crippen LogP contribution in [0.25, 0.3) is 0 Å². The highest BCUT2D eigenvalue weighted by Gasteiger charge is 2.24. The molecule has 126 valence electrons. The lowest BCUT2D eigenvalue weighted by molar-refractivity contribution is 0.0641. The Balaban J connectivity index is 2.01. The molecule has 5 nitrogen and oxygen atoms in total. The molecule has 6 heteroatoms. The van der Waals surface area contributed by atoms with Crippen LogP contribution in [0.3, 0.4) is 0 Å². The molecule has 0 fully saturated rings. The highest BCUT2D eigenvalue weighted by molar-refractivity contribution is 5.96. The summed E-state index contributed by atoms with van der Waals surface area (Å²) in [6.45, 7) is 4.64. The number of ether oxygens (including phenoxy) is 2. The molecule has 0 aromatic heterocycles. The first-order valence-corrected chi connectivity index (χ1v) is 7.80. The number of hydrogen-bond donors (Lipinski definition) is 1. The molecule has 23 heavy (non-hydrogen) atoms. The number of benzene rings is 1. The van der Waals surface area contributed by atoms with E-state index in [9.17, 15) is 9.18 Å². The molecular formula is C17H23FN2O3. The maximum Gasteiger partial charge on any atom is 0.254 e. The third kappa shape index (κ3) is 4.53. The monoisotopic (exact) mass is 322 g/mol. The normalized spacial score (nSPS) is 14.8. The first-order valence-electron chi connectivity index (χ1n) is 7.80. The second-order valence-electron chi connectivity index (χ2n) is 5.32. The summed E-state index contributed by atoms with van der Waals surface area (Å²) in [5.74, 6) is 0.635. The fourth-order valence-corrected chi connectivity index (χ4v) is 2.45. The summed E-state index contributed by atoms with van der Waals surface area (Å²) in [7, 11) is 0. The van der Waals surface area contributed by atoms with Crippen LogP contribution >= 0.6 is 0 Å². The van der Waals surface area contributed by atoms with Crippen LogP contribution < -0.4 is 10.5 Å². The first-order chi connectivity index (χ1) is 11.2. The van der Waals surface area contributed by atoms with Gasteiger partial charge >= 0.3 is 0 Å². The van der Waals surface area contributed by atoms with Crippen LogP contribution in [0.15, 0.2) is 30.1 Å². The highest BCUT2D eigenvalue weighted by Crippen LogP contribution is 2.24. The van der Waals surface area contributed by atoms with Crippen molar-refractivity contribution in [3.63, 3.8) is 0 Å². The third-order valence-electron chi connectivity index (χ3n) is 3.80. The minimum atomic E-state index is 0.0174. The topological polar surface area (TPSA) is 64.8 Å². The molecule has 0 saturated heterocycles. The minimum absolute atomic E-state index is 0.0174. The Kier molecular flexibility index (Phi) is 6.55. The molecular weight excluding hydrogens is 299 g/mol. The third-order valence-corrected chi connectivity index (χ3v) is 3.80. The fourth-order valence-electron chi connectivity index (χ4n) is 2.45. The molecule has 0 saturated carbocycles. The van der Waals surface area contributed by atoms with E-state index in [0.29, 0.717) is 49.5 Å². The molecule has 0 aliphatic carbocycles. The van der Waals surface area contributed by atoms with E-state index in [2.05, 4.69) is 0 Å². The number of carbonyl (C=O) groups excluding carboxylic acids is 1. The van der Waals surface area contributed by atoms with Crippen molar-refractivity contribution in [1.82, 2.24) is 4.90 Å². The predicted molar refractivity (Wildman–Crippen MR) is 86.3 cm³/mol. The van der Waals surface area contributed by atoms with E-state index in [1.165, 1.54) is 0 Å². The average molecular weight is 322 g/mol. The molecule has 2 rings (SSSR count). The van der Waals surface area contributed by atoms with Gasteiger partial charge in [0.2, 0.25) is 0 Å². The standard InChI is InChI=1S/C17H23FN2O3/c1-2-22-8-7-20-6-5-14-9-15(3-4-16(14)17(20)21)23-12-13(10-18)11-19/h3-4,9-10H,2,5-8,11-12,19H2,1H3/b13-10+. The molecule has 1 aliphatic heterocycles. The van der Waals surface area contributed by atoms with Gasteiger partial charge in [0, 0.05) is 37.4 Å². The Morgan fingerprint density at radius 2 is 2.30 bits per heavy atom. The maximum absolute atomic E-state index is 12.5. The molecule has 0 unspecified atom stereocenters. The van der Waals surface area contributed by atoms with Gasteiger partial charge in [0.15, 0.2) is 0 Å². The molecule has 0 bridgehead atoms. The van der Waals surface area contributed by atoms with E-state index >= 15 is 0 Å². The first kappa shape index (κ1) is 17.4. The number of nitrogens with zero attached hydrogens (tertiary/aromatic N) is 1. The van der Waals surface area contributed by atoms with Gasteiger partial charge in [0.05, 0.1) is 12.9 Å². The van der Waals surface area contributed by atoms with Crippen molar-refractivity contribution in [3.8, 4) is 5.75 Å².